The normalized spacial score (nSPS) is 17.6. The van der Waals surface area contributed by atoms with Gasteiger partial charge >= 0.3 is 0 Å². The summed E-state index contributed by atoms with van der Waals surface area (Å²) in [5, 5.41) is 12.6. The molecule has 1 N–H and O–H groups in total. The second-order valence-electron chi connectivity index (χ2n) is 6.07. The van der Waals surface area contributed by atoms with Crippen LogP contribution in [0.25, 0.3) is 11.5 Å². The fourth-order valence-electron chi connectivity index (χ4n) is 3.06. The maximum atomic E-state index is 13.0. The van der Waals surface area contributed by atoms with Gasteiger partial charge < -0.3 is 9.88 Å². The van der Waals surface area contributed by atoms with Gasteiger partial charge in [0, 0.05) is 24.8 Å². The number of amides is 1. The molecular weight excluding hydrogens is 323 g/mol. The summed E-state index contributed by atoms with van der Waals surface area (Å²) < 4.78 is 13.0. The minimum atomic E-state index is -0.350. The molecule has 1 saturated heterocycles. The van der Waals surface area contributed by atoms with E-state index in [0.717, 1.165) is 18.5 Å². The molecule has 0 radical (unpaired) electrons. The number of aromatic nitrogens is 5. The largest absolute Gasteiger partial charge is 0.359 e. The van der Waals surface area contributed by atoms with E-state index in [1.807, 2.05) is 12.1 Å². The lowest BCUT2D eigenvalue weighted by atomic mass is 10.0. The summed E-state index contributed by atoms with van der Waals surface area (Å²) in [6.07, 6.45) is 3.55. The van der Waals surface area contributed by atoms with Gasteiger partial charge in [0.05, 0.1) is 11.7 Å². The summed E-state index contributed by atoms with van der Waals surface area (Å²) in [4.78, 5) is 19.0. The fraction of sp³-hybridized carbons (Fsp3) is 0.294. The Hall–Kier alpha value is -3.03. The van der Waals surface area contributed by atoms with Gasteiger partial charge in [0.15, 0.2) is 0 Å². The van der Waals surface area contributed by atoms with Crippen molar-refractivity contribution in [3.8, 4) is 11.5 Å². The number of benzene rings is 1. The molecule has 128 valence electrons. The molecule has 25 heavy (non-hydrogen) atoms. The first-order chi connectivity index (χ1) is 12.2. The highest BCUT2D eigenvalue weighted by Gasteiger charge is 2.27. The number of hydrogen-bond donors (Lipinski definition) is 1. The van der Waals surface area contributed by atoms with E-state index in [2.05, 4.69) is 20.4 Å². The Kier molecular flexibility index (Phi) is 4.01. The van der Waals surface area contributed by atoms with Crippen molar-refractivity contribution in [3.63, 3.8) is 0 Å². The Balaban J connectivity index is 1.49. The molecule has 4 rings (SSSR count). The molecule has 1 aliphatic rings. The van der Waals surface area contributed by atoms with Gasteiger partial charge in [-0.05, 0) is 54.5 Å². The first kappa shape index (κ1) is 15.5. The number of nitrogens with zero attached hydrogens (tertiary/aromatic N) is 5. The molecule has 7 nitrogen and oxygen atoms in total. The lowest BCUT2D eigenvalue weighted by Crippen LogP contribution is -2.41. The number of piperidine rings is 1. The highest BCUT2D eigenvalue weighted by atomic mass is 19.1. The van der Waals surface area contributed by atoms with Crippen molar-refractivity contribution >= 4 is 5.91 Å². The van der Waals surface area contributed by atoms with Crippen molar-refractivity contribution in [2.75, 3.05) is 13.1 Å². The molecule has 2 aromatic heterocycles. The third-order valence-electron chi connectivity index (χ3n) is 4.37. The van der Waals surface area contributed by atoms with Crippen LogP contribution in [0.1, 0.15) is 29.2 Å². The minimum absolute atomic E-state index is 0.0191. The van der Waals surface area contributed by atoms with E-state index in [-0.39, 0.29) is 17.8 Å². The second kappa shape index (κ2) is 6.46. The van der Waals surface area contributed by atoms with Crippen LogP contribution in [-0.2, 0) is 0 Å². The molecule has 0 bridgehead atoms. The van der Waals surface area contributed by atoms with Crippen LogP contribution < -0.4 is 0 Å². The van der Waals surface area contributed by atoms with E-state index in [1.54, 1.807) is 15.9 Å². The second-order valence-corrected chi connectivity index (χ2v) is 6.07. The average molecular weight is 340 g/mol. The van der Waals surface area contributed by atoms with Gasteiger partial charge in [0.25, 0.3) is 5.91 Å². The molecule has 1 atom stereocenters. The van der Waals surface area contributed by atoms with Gasteiger partial charge in [-0.15, -0.1) is 10.2 Å². The first-order valence-corrected chi connectivity index (χ1v) is 8.19. The van der Waals surface area contributed by atoms with Crippen LogP contribution in [0.5, 0.6) is 0 Å². The molecule has 1 aromatic carbocycles. The summed E-state index contributed by atoms with van der Waals surface area (Å²) in [5.74, 6) is 0.0816. The Morgan fingerprint density at radius 3 is 2.84 bits per heavy atom. The number of nitrogens with one attached hydrogen (secondary N) is 1. The van der Waals surface area contributed by atoms with Crippen LogP contribution >= 0.6 is 0 Å². The van der Waals surface area contributed by atoms with Crippen molar-refractivity contribution in [1.82, 2.24) is 30.1 Å². The summed E-state index contributed by atoms with van der Waals surface area (Å²) >= 11 is 0. The summed E-state index contributed by atoms with van der Waals surface area (Å²) in [6, 6.07) is 9.37. The van der Waals surface area contributed by atoms with E-state index >= 15 is 0 Å². The molecule has 1 amide bonds. The zero-order valence-electron chi connectivity index (χ0n) is 13.5. The van der Waals surface area contributed by atoms with E-state index in [4.69, 9.17) is 0 Å². The maximum absolute atomic E-state index is 13.0. The van der Waals surface area contributed by atoms with Crippen LogP contribution in [0.2, 0.25) is 0 Å². The van der Waals surface area contributed by atoms with Crippen LogP contribution in [0.4, 0.5) is 4.39 Å². The highest BCUT2D eigenvalue weighted by molar-refractivity contribution is 5.94. The molecule has 3 aromatic rings. The number of carbonyl (C=O) groups excluding carboxylic acids is 1. The van der Waals surface area contributed by atoms with Crippen LogP contribution in [-0.4, -0.2) is 49.1 Å². The van der Waals surface area contributed by atoms with Crippen molar-refractivity contribution in [2.24, 2.45) is 0 Å². The van der Waals surface area contributed by atoms with Crippen molar-refractivity contribution in [2.45, 2.75) is 18.9 Å². The van der Waals surface area contributed by atoms with Gasteiger partial charge in [-0.25, -0.2) is 4.39 Å². The number of carbonyl (C=O) groups is 1. The lowest BCUT2D eigenvalue weighted by molar-refractivity contribution is 0.0663. The molecule has 8 heteroatoms. The zero-order chi connectivity index (χ0) is 17.2. The number of halogens is 1. The standard InChI is InChI=1S/C17H17FN6O/c18-13-7-5-12(6-8-13)17(25)23-10-2-3-14(11-23)24-21-16(20-22-24)15-4-1-9-19-15/h1,4-9,14,19H,2-3,10-11H2. The monoisotopic (exact) mass is 340 g/mol. The smallest absolute Gasteiger partial charge is 0.253 e. The van der Waals surface area contributed by atoms with Crippen molar-refractivity contribution < 1.29 is 9.18 Å². The Bertz CT molecular complexity index is 858. The molecule has 1 fully saturated rings. The third-order valence-corrected chi connectivity index (χ3v) is 4.37. The van der Waals surface area contributed by atoms with Crippen LogP contribution in [0.15, 0.2) is 42.6 Å². The van der Waals surface area contributed by atoms with Crippen LogP contribution in [0, 0.1) is 5.82 Å². The molecule has 3 heterocycles. The quantitative estimate of drug-likeness (QED) is 0.793. The number of tetrazole rings is 1. The molecule has 0 aliphatic carbocycles. The predicted molar refractivity (Wildman–Crippen MR) is 88.2 cm³/mol. The third kappa shape index (κ3) is 3.15. The molecular formula is C17H17FN6O. The summed E-state index contributed by atoms with van der Waals surface area (Å²) in [6.45, 7) is 1.18. The number of H-pyrrole nitrogens is 1. The first-order valence-electron chi connectivity index (χ1n) is 8.19. The van der Waals surface area contributed by atoms with Gasteiger partial charge in [-0.1, -0.05) is 0 Å². The lowest BCUT2D eigenvalue weighted by Gasteiger charge is -2.31. The fourth-order valence-corrected chi connectivity index (χ4v) is 3.06. The number of hydrogen-bond acceptors (Lipinski definition) is 4. The zero-order valence-corrected chi connectivity index (χ0v) is 13.5. The average Bonchev–Trinajstić information content (AvgIpc) is 3.33. The van der Waals surface area contributed by atoms with Gasteiger partial charge in [0.1, 0.15) is 5.82 Å². The van der Waals surface area contributed by atoms with E-state index in [0.29, 0.717) is 24.5 Å². The van der Waals surface area contributed by atoms with E-state index < -0.39 is 0 Å². The van der Waals surface area contributed by atoms with Gasteiger partial charge in [-0.3, -0.25) is 4.79 Å². The van der Waals surface area contributed by atoms with E-state index in [1.165, 1.54) is 24.3 Å². The van der Waals surface area contributed by atoms with Crippen molar-refractivity contribution in [1.29, 1.82) is 0 Å². The van der Waals surface area contributed by atoms with Gasteiger partial charge in [-0.2, -0.15) is 4.80 Å². The topological polar surface area (TPSA) is 79.7 Å². The number of likely N-dealkylation sites (tertiary alicyclic amines) is 1. The Labute approximate surface area is 143 Å². The minimum Gasteiger partial charge on any atom is -0.359 e. The molecule has 1 unspecified atom stereocenters. The molecule has 1 aliphatic heterocycles. The molecule has 0 spiro atoms. The van der Waals surface area contributed by atoms with Gasteiger partial charge in [0.2, 0.25) is 5.82 Å². The van der Waals surface area contributed by atoms with Crippen LogP contribution in [0.3, 0.4) is 0 Å². The Morgan fingerprint density at radius 1 is 1.24 bits per heavy atom. The van der Waals surface area contributed by atoms with E-state index in [9.17, 15) is 9.18 Å². The SMILES string of the molecule is O=C(c1ccc(F)cc1)N1CCCC(n2nnc(-c3ccc[nH]3)n2)C1. The predicted octanol–water partition coefficient (Wildman–Crippen LogP) is 2.28. The molecule has 0 saturated carbocycles. The van der Waals surface area contributed by atoms with Crippen molar-refractivity contribution in [3.05, 3.63) is 54.0 Å². The summed E-state index contributed by atoms with van der Waals surface area (Å²) in [5.41, 5.74) is 1.29. The Morgan fingerprint density at radius 2 is 2.08 bits per heavy atom. The number of rotatable bonds is 3. The maximum Gasteiger partial charge on any atom is 0.253 e. The number of aromatic amines is 1. The summed E-state index contributed by atoms with van der Waals surface area (Å²) in [7, 11) is 0. The highest BCUT2D eigenvalue weighted by Crippen LogP contribution is 2.22.